The smallest absolute Gasteiger partial charge is 0.279 e. The average molecular weight is 645 g/mol. The van der Waals surface area contributed by atoms with Crippen LogP contribution in [0.2, 0.25) is 0 Å². The molecule has 0 aromatic heterocycles. The Bertz CT molecular complexity index is 2390. The first-order chi connectivity index (χ1) is 22.6. The Balaban J connectivity index is 0.000000393. The number of halogens is 3. The van der Waals surface area contributed by atoms with Gasteiger partial charge in [0.05, 0.1) is 0 Å². The second-order valence-electron chi connectivity index (χ2n) is 11.4. The zero-order valence-electron chi connectivity index (χ0n) is 24.9. The molecule has 3 nitrogen and oxygen atoms in total. The van der Waals surface area contributed by atoms with E-state index in [2.05, 4.69) is 146 Å². The van der Waals surface area contributed by atoms with Crippen molar-refractivity contribution in [3.8, 4) is 44.5 Å². The van der Waals surface area contributed by atoms with Crippen LogP contribution in [0.5, 0.6) is 0 Å². The maximum atomic E-state index is 10.7. The highest BCUT2D eigenvalue weighted by Crippen LogP contribution is 2.52. The molecule has 0 saturated heterocycles. The van der Waals surface area contributed by atoms with Gasteiger partial charge in [0.2, 0.25) is 0 Å². The van der Waals surface area contributed by atoms with Crippen molar-refractivity contribution in [2.45, 2.75) is 11.9 Å². The topological polar surface area (TPSA) is 54.4 Å². The highest BCUT2D eigenvalue weighted by atomic mass is 32.2. The number of alkyl halides is 3. The van der Waals surface area contributed by atoms with Crippen LogP contribution in [-0.2, 0) is 16.5 Å². The van der Waals surface area contributed by atoms with Crippen molar-refractivity contribution >= 4 is 31.7 Å². The number of fused-ring (bicyclic) bond motifs is 5. The predicted octanol–water partition coefficient (Wildman–Crippen LogP) is 11.0. The van der Waals surface area contributed by atoms with Crippen LogP contribution >= 0.6 is 0 Å². The molecule has 7 heteroatoms. The van der Waals surface area contributed by atoms with Crippen molar-refractivity contribution < 1.29 is 26.1 Å². The van der Waals surface area contributed by atoms with E-state index in [0.29, 0.717) is 0 Å². The number of benzene rings is 7. The standard InChI is InChI=1S/C39H26.CHF3O3S/c1-2-14-28(15-3-1)38-36-24-29-16-6-9-21-32(29)35(36)25-37(33-22-10-17-26-12-4-7-19-30(26)33)39(38)34-23-11-18-27-13-5-8-20-31(27)34;2-1(3,4)8(5,6)7/h1-23,25H,24H2;(H,5,6,7). The van der Waals surface area contributed by atoms with Gasteiger partial charge in [0.15, 0.2) is 0 Å². The van der Waals surface area contributed by atoms with Crippen LogP contribution in [0.15, 0.2) is 146 Å². The summed E-state index contributed by atoms with van der Waals surface area (Å²) in [7, 11) is -5.84. The van der Waals surface area contributed by atoms with Crippen LogP contribution in [0.3, 0.4) is 0 Å². The third kappa shape index (κ3) is 5.58. The minimum Gasteiger partial charge on any atom is -0.279 e. The fraction of sp³-hybridized carbons (Fsp3) is 0.0500. The molecule has 0 radical (unpaired) electrons. The third-order valence-corrected chi connectivity index (χ3v) is 9.19. The normalized spacial score (nSPS) is 12.3. The van der Waals surface area contributed by atoms with Gasteiger partial charge in [-0.05, 0) is 89.7 Å². The third-order valence-electron chi connectivity index (χ3n) is 8.60. The monoisotopic (exact) mass is 644 g/mol. The van der Waals surface area contributed by atoms with E-state index >= 15 is 0 Å². The Labute approximate surface area is 270 Å². The molecule has 7 aromatic carbocycles. The molecule has 0 fully saturated rings. The van der Waals surface area contributed by atoms with Gasteiger partial charge in [-0.15, -0.1) is 0 Å². The number of hydrogen-bond donors (Lipinski definition) is 1. The van der Waals surface area contributed by atoms with E-state index in [9.17, 15) is 13.2 Å². The highest BCUT2D eigenvalue weighted by molar-refractivity contribution is 7.86. The molecule has 0 aliphatic heterocycles. The van der Waals surface area contributed by atoms with Gasteiger partial charge in [-0.3, -0.25) is 4.55 Å². The second kappa shape index (κ2) is 11.8. The molecule has 1 aliphatic carbocycles. The van der Waals surface area contributed by atoms with Crippen LogP contribution in [0.25, 0.3) is 66.1 Å². The molecule has 0 heterocycles. The molecule has 1 aliphatic rings. The lowest BCUT2D eigenvalue weighted by Gasteiger charge is -2.23. The van der Waals surface area contributed by atoms with Crippen LogP contribution in [0.1, 0.15) is 11.1 Å². The largest absolute Gasteiger partial charge is 0.522 e. The SMILES string of the molecule is O=S(=O)(O)C(F)(F)F.c1ccc(-c2c3c(cc(-c4cccc5ccccc45)c2-c2cccc4ccccc24)-c2ccccc2C3)cc1. The van der Waals surface area contributed by atoms with Gasteiger partial charge < -0.3 is 0 Å². The summed E-state index contributed by atoms with van der Waals surface area (Å²) >= 11 is 0. The van der Waals surface area contributed by atoms with Gasteiger partial charge >= 0.3 is 15.6 Å². The van der Waals surface area contributed by atoms with Crippen molar-refractivity contribution in [3.05, 3.63) is 157 Å². The molecule has 0 amide bonds. The highest BCUT2D eigenvalue weighted by Gasteiger charge is 2.44. The lowest BCUT2D eigenvalue weighted by molar-refractivity contribution is -0.0510. The lowest BCUT2D eigenvalue weighted by Crippen LogP contribution is -2.21. The van der Waals surface area contributed by atoms with Gasteiger partial charge in [-0.1, -0.05) is 140 Å². The Morgan fingerprint density at radius 1 is 0.511 bits per heavy atom. The molecule has 232 valence electrons. The first-order valence-corrected chi connectivity index (χ1v) is 16.4. The molecule has 1 N–H and O–H groups in total. The zero-order valence-corrected chi connectivity index (χ0v) is 25.7. The number of rotatable bonds is 3. The van der Waals surface area contributed by atoms with Crippen molar-refractivity contribution in [1.82, 2.24) is 0 Å². The van der Waals surface area contributed by atoms with E-state index in [1.807, 2.05) is 0 Å². The second-order valence-corrected chi connectivity index (χ2v) is 12.8. The van der Waals surface area contributed by atoms with Crippen molar-refractivity contribution in [2.75, 3.05) is 0 Å². The molecule has 0 spiro atoms. The van der Waals surface area contributed by atoms with Crippen LogP contribution in [-0.4, -0.2) is 18.5 Å². The summed E-state index contributed by atoms with van der Waals surface area (Å²) in [6.07, 6.45) is 0.948. The molecular formula is C40H27F3O3S. The van der Waals surface area contributed by atoms with E-state index in [-0.39, 0.29) is 0 Å². The quantitative estimate of drug-likeness (QED) is 0.154. The summed E-state index contributed by atoms with van der Waals surface area (Å²) in [5.41, 5.74) is 7.81. The summed E-state index contributed by atoms with van der Waals surface area (Å²) in [5.74, 6) is 0. The first kappa shape index (κ1) is 30.4. The molecule has 47 heavy (non-hydrogen) atoms. The van der Waals surface area contributed by atoms with Crippen LogP contribution < -0.4 is 0 Å². The predicted molar refractivity (Wildman–Crippen MR) is 184 cm³/mol. The van der Waals surface area contributed by atoms with Gasteiger partial charge in [-0.25, -0.2) is 0 Å². The Hall–Kier alpha value is -5.24. The molecule has 8 rings (SSSR count). The first-order valence-electron chi connectivity index (χ1n) is 15.0. The van der Waals surface area contributed by atoms with Gasteiger partial charge in [-0.2, -0.15) is 21.6 Å². The van der Waals surface area contributed by atoms with Gasteiger partial charge in [0, 0.05) is 0 Å². The average Bonchev–Trinajstić information content (AvgIpc) is 3.45. The Morgan fingerprint density at radius 3 is 1.64 bits per heavy atom. The summed E-state index contributed by atoms with van der Waals surface area (Å²) in [6, 6.07) is 53.4. The fourth-order valence-electron chi connectivity index (χ4n) is 6.59. The van der Waals surface area contributed by atoms with Crippen LogP contribution in [0, 0.1) is 0 Å². The van der Waals surface area contributed by atoms with Crippen molar-refractivity contribution in [2.24, 2.45) is 0 Å². The summed E-state index contributed by atoms with van der Waals surface area (Å²) in [5, 5.41) is 5.10. The van der Waals surface area contributed by atoms with E-state index in [4.69, 9.17) is 13.0 Å². The van der Waals surface area contributed by atoms with E-state index in [0.717, 1.165) is 6.42 Å². The van der Waals surface area contributed by atoms with E-state index < -0.39 is 15.6 Å². The molecule has 0 bridgehead atoms. The molecule has 0 atom stereocenters. The van der Waals surface area contributed by atoms with Crippen LogP contribution in [0.4, 0.5) is 13.2 Å². The maximum absolute atomic E-state index is 10.7. The van der Waals surface area contributed by atoms with Crippen molar-refractivity contribution in [1.29, 1.82) is 0 Å². The molecule has 7 aromatic rings. The summed E-state index contributed by atoms with van der Waals surface area (Å²) in [6.45, 7) is 0. The lowest BCUT2D eigenvalue weighted by atomic mass is 9.80. The van der Waals surface area contributed by atoms with E-state index in [1.54, 1.807) is 0 Å². The molecular weight excluding hydrogens is 617 g/mol. The minimum absolute atomic E-state index is 0.948. The Morgan fingerprint density at radius 2 is 1.00 bits per heavy atom. The number of hydrogen-bond acceptors (Lipinski definition) is 2. The minimum atomic E-state index is -5.84. The van der Waals surface area contributed by atoms with Gasteiger partial charge in [0.1, 0.15) is 0 Å². The maximum Gasteiger partial charge on any atom is 0.522 e. The summed E-state index contributed by atoms with van der Waals surface area (Å²) < 4.78 is 57.5. The van der Waals surface area contributed by atoms with Gasteiger partial charge in [0.25, 0.3) is 0 Å². The Kier molecular flexibility index (Phi) is 7.66. The van der Waals surface area contributed by atoms with Crippen molar-refractivity contribution in [3.63, 3.8) is 0 Å². The molecule has 0 unspecified atom stereocenters. The summed E-state index contributed by atoms with van der Waals surface area (Å²) in [4.78, 5) is 0. The fourth-order valence-corrected chi connectivity index (χ4v) is 6.59. The van der Waals surface area contributed by atoms with E-state index in [1.165, 1.54) is 77.2 Å². The zero-order chi connectivity index (χ0) is 32.8. The molecule has 0 saturated carbocycles.